The van der Waals surface area contributed by atoms with Gasteiger partial charge in [-0.3, -0.25) is 0 Å². The van der Waals surface area contributed by atoms with Crippen molar-refractivity contribution in [3.63, 3.8) is 0 Å². The van der Waals surface area contributed by atoms with Gasteiger partial charge in [0.25, 0.3) is 0 Å². The van der Waals surface area contributed by atoms with Crippen molar-refractivity contribution < 1.29 is 19.4 Å². The molecular weight excluding hydrogens is 264 g/mol. The van der Waals surface area contributed by atoms with E-state index in [-0.39, 0.29) is 19.0 Å². The first-order valence-electron chi connectivity index (χ1n) is 4.25. The lowest BCUT2D eigenvalue weighted by molar-refractivity contribution is -0.107. The van der Waals surface area contributed by atoms with Gasteiger partial charge in [0, 0.05) is 19.1 Å². The molecule has 1 N–H and O–H groups in total. The van der Waals surface area contributed by atoms with Crippen LogP contribution in [0.2, 0.25) is 0 Å². The van der Waals surface area contributed by atoms with Crippen LogP contribution in [0.25, 0.3) is 0 Å². The SMILES string of the molecule is COCOc1cc(CC=O)c(O)cc1Br. The second kappa shape index (κ2) is 5.72. The smallest absolute Gasteiger partial charge is 0.188 e. The molecule has 0 saturated carbocycles. The molecule has 0 amide bonds. The Kier molecular flexibility index (Phi) is 4.58. The van der Waals surface area contributed by atoms with Gasteiger partial charge in [-0.2, -0.15) is 0 Å². The van der Waals surface area contributed by atoms with Gasteiger partial charge in [-0.25, -0.2) is 0 Å². The number of carbonyl (C=O) groups is 1. The monoisotopic (exact) mass is 274 g/mol. The van der Waals surface area contributed by atoms with Crippen LogP contribution in [0, 0.1) is 0 Å². The van der Waals surface area contributed by atoms with Gasteiger partial charge in [0.2, 0.25) is 0 Å². The van der Waals surface area contributed by atoms with Gasteiger partial charge in [0.05, 0.1) is 4.47 Å². The van der Waals surface area contributed by atoms with Crippen LogP contribution in [0.3, 0.4) is 0 Å². The minimum absolute atomic E-state index is 0.0683. The fourth-order valence-electron chi connectivity index (χ4n) is 1.07. The second-order valence-corrected chi connectivity index (χ2v) is 3.69. The highest BCUT2D eigenvalue weighted by molar-refractivity contribution is 9.10. The molecule has 0 aliphatic carbocycles. The molecule has 0 aliphatic rings. The molecule has 0 fully saturated rings. The summed E-state index contributed by atoms with van der Waals surface area (Å²) in [4.78, 5) is 10.3. The zero-order valence-corrected chi connectivity index (χ0v) is 9.78. The molecule has 0 aliphatic heterocycles. The molecular formula is C10H11BrO4. The van der Waals surface area contributed by atoms with Gasteiger partial charge >= 0.3 is 0 Å². The van der Waals surface area contributed by atoms with E-state index >= 15 is 0 Å². The quantitative estimate of drug-likeness (QED) is 0.658. The summed E-state index contributed by atoms with van der Waals surface area (Å²) in [6.45, 7) is 0.115. The number of halogens is 1. The molecule has 0 unspecified atom stereocenters. The highest BCUT2D eigenvalue weighted by Gasteiger charge is 2.08. The normalized spacial score (nSPS) is 10.0. The molecule has 0 saturated heterocycles. The van der Waals surface area contributed by atoms with Crippen molar-refractivity contribution in [3.8, 4) is 11.5 Å². The van der Waals surface area contributed by atoms with E-state index in [9.17, 15) is 9.90 Å². The lowest BCUT2D eigenvalue weighted by atomic mass is 10.1. The van der Waals surface area contributed by atoms with E-state index < -0.39 is 0 Å². The van der Waals surface area contributed by atoms with Crippen LogP contribution in [0.5, 0.6) is 11.5 Å². The number of ether oxygens (including phenoxy) is 2. The van der Waals surface area contributed by atoms with Gasteiger partial charge in [-0.1, -0.05) is 0 Å². The first kappa shape index (κ1) is 12.0. The van der Waals surface area contributed by atoms with Gasteiger partial charge < -0.3 is 19.4 Å². The lowest BCUT2D eigenvalue weighted by Gasteiger charge is -2.09. The zero-order chi connectivity index (χ0) is 11.3. The minimum Gasteiger partial charge on any atom is -0.508 e. The molecule has 1 aromatic rings. The van der Waals surface area contributed by atoms with Crippen molar-refractivity contribution in [2.45, 2.75) is 6.42 Å². The summed E-state index contributed by atoms with van der Waals surface area (Å²) >= 11 is 3.23. The van der Waals surface area contributed by atoms with Crippen molar-refractivity contribution in [1.29, 1.82) is 0 Å². The van der Waals surface area contributed by atoms with Crippen LogP contribution in [-0.4, -0.2) is 25.3 Å². The fourth-order valence-corrected chi connectivity index (χ4v) is 1.52. The number of aldehydes is 1. The Morgan fingerprint density at radius 1 is 1.53 bits per heavy atom. The second-order valence-electron chi connectivity index (χ2n) is 2.83. The average Bonchev–Trinajstić information content (AvgIpc) is 2.20. The molecule has 0 spiro atoms. The Morgan fingerprint density at radius 2 is 2.27 bits per heavy atom. The van der Waals surface area contributed by atoms with Gasteiger partial charge in [0.1, 0.15) is 17.8 Å². The predicted molar refractivity (Wildman–Crippen MR) is 58.1 cm³/mol. The van der Waals surface area contributed by atoms with Crippen molar-refractivity contribution in [2.75, 3.05) is 13.9 Å². The topological polar surface area (TPSA) is 55.8 Å². The highest BCUT2D eigenvalue weighted by Crippen LogP contribution is 2.32. The number of benzene rings is 1. The fraction of sp³-hybridized carbons (Fsp3) is 0.300. The molecule has 1 rings (SSSR count). The van der Waals surface area contributed by atoms with Crippen LogP contribution in [0.4, 0.5) is 0 Å². The molecule has 0 radical (unpaired) electrons. The molecule has 4 nitrogen and oxygen atoms in total. The maximum Gasteiger partial charge on any atom is 0.188 e. The highest BCUT2D eigenvalue weighted by atomic mass is 79.9. The number of methoxy groups -OCH3 is 1. The largest absolute Gasteiger partial charge is 0.508 e. The number of phenols is 1. The summed E-state index contributed by atoms with van der Waals surface area (Å²) in [5, 5.41) is 9.50. The van der Waals surface area contributed by atoms with Gasteiger partial charge in [0.15, 0.2) is 6.79 Å². The Balaban J connectivity index is 2.94. The number of hydrogen-bond acceptors (Lipinski definition) is 4. The van der Waals surface area contributed by atoms with E-state index in [0.717, 1.165) is 6.29 Å². The van der Waals surface area contributed by atoms with Crippen molar-refractivity contribution in [1.82, 2.24) is 0 Å². The molecule has 15 heavy (non-hydrogen) atoms. The Bertz CT molecular complexity index is 352. The third-order valence-electron chi connectivity index (χ3n) is 1.77. The Hall–Kier alpha value is -1.07. The van der Waals surface area contributed by atoms with Crippen molar-refractivity contribution in [3.05, 3.63) is 22.2 Å². The lowest BCUT2D eigenvalue weighted by Crippen LogP contribution is -2.00. The Labute approximate surface area is 95.9 Å². The molecule has 5 heteroatoms. The maximum atomic E-state index is 10.3. The first-order chi connectivity index (χ1) is 7.19. The van der Waals surface area contributed by atoms with Crippen LogP contribution in [0.15, 0.2) is 16.6 Å². The third-order valence-corrected chi connectivity index (χ3v) is 2.39. The summed E-state index contributed by atoms with van der Waals surface area (Å²) in [5.74, 6) is 0.602. The van der Waals surface area contributed by atoms with Crippen LogP contribution in [0.1, 0.15) is 5.56 Å². The summed E-state index contributed by atoms with van der Waals surface area (Å²) in [5.41, 5.74) is 0.527. The van der Waals surface area contributed by atoms with E-state index in [1.54, 1.807) is 6.07 Å². The van der Waals surface area contributed by atoms with E-state index in [4.69, 9.17) is 9.47 Å². The number of rotatable bonds is 5. The van der Waals surface area contributed by atoms with Crippen molar-refractivity contribution >= 4 is 22.2 Å². The van der Waals surface area contributed by atoms with E-state index in [1.165, 1.54) is 13.2 Å². The van der Waals surface area contributed by atoms with Gasteiger partial charge in [-0.15, -0.1) is 0 Å². The molecule has 82 valence electrons. The van der Waals surface area contributed by atoms with Crippen LogP contribution >= 0.6 is 15.9 Å². The summed E-state index contributed by atoms with van der Waals surface area (Å²) in [6.07, 6.45) is 0.880. The number of carbonyl (C=O) groups excluding carboxylic acids is 1. The van der Waals surface area contributed by atoms with Crippen LogP contribution < -0.4 is 4.74 Å². The summed E-state index contributed by atoms with van der Waals surface area (Å²) in [6, 6.07) is 3.09. The van der Waals surface area contributed by atoms with E-state index in [1.807, 2.05) is 0 Å². The average molecular weight is 275 g/mol. The van der Waals surface area contributed by atoms with Crippen LogP contribution in [-0.2, 0) is 16.0 Å². The summed E-state index contributed by atoms with van der Waals surface area (Å²) in [7, 11) is 1.51. The van der Waals surface area contributed by atoms with Gasteiger partial charge in [-0.05, 0) is 28.1 Å². The zero-order valence-electron chi connectivity index (χ0n) is 8.20. The first-order valence-corrected chi connectivity index (χ1v) is 5.05. The number of phenolic OH excluding ortho intramolecular Hbond substituents is 1. The maximum absolute atomic E-state index is 10.3. The third kappa shape index (κ3) is 3.21. The standard InChI is InChI=1S/C10H11BrO4/c1-14-6-15-10-4-7(2-3-12)9(13)5-8(10)11/h3-5,13H,2,6H2,1H3. The molecule has 0 bridgehead atoms. The molecule has 0 atom stereocenters. The molecule has 0 heterocycles. The predicted octanol–water partition coefficient (Wildman–Crippen LogP) is 1.88. The Morgan fingerprint density at radius 3 is 2.87 bits per heavy atom. The van der Waals surface area contributed by atoms with E-state index in [2.05, 4.69) is 15.9 Å². The number of aromatic hydroxyl groups is 1. The summed E-state index contributed by atoms with van der Waals surface area (Å²) < 4.78 is 10.6. The molecule has 0 aromatic heterocycles. The van der Waals surface area contributed by atoms with E-state index in [0.29, 0.717) is 15.8 Å². The van der Waals surface area contributed by atoms with Crippen molar-refractivity contribution in [2.24, 2.45) is 0 Å². The number of hydrogen-bond donors (Lipinski definition) is 1. The minimum atomic E-state index is 0.0683. The molecule has 1 aromatic carbocycles.